The lowest BCUT2D eigenvalue weighted by molar-refractivity contribution is 0.102. The van der Waals surface area contributed by atoms with Crippen LogP contribution in [0.25, 0.3) is 0 Å². The summed E-state index contributed by atoms with van der Waals surface area (Å²) < 4.78 is 26.6. The number of nitrogens with one attached hydrogen (secondary N) is 1. The van der Waals surface area contributed by atoms with Gasteiger partial charge in [-0.25, -0.2) is 13.8 Å². The SMILES string of the molecule is O=C(Nc1ccc(N2CCCC2)nc1)c1cc(F)ccc1F. The molecule has 1 amide bonds. The van der Waals surface area contributed by atoms with E-state index in [0.717, 1.165) is 49.9 Å². The number of amides is 1. The second-order valence-corrected chi connectivity index (χ2v) is 5.18. The van der Waals surface area contributed by atoms with Gasteiger partial charge in [-0.3, -0.25) is 4.79 Å². The summed E-state index contributed by atoms with van der Waals surface area (Å²) in [6.45, 7) is 1.96. The number of halogens is 2. The number of rotatable bonds is 3. The Morgan fingerprint density at radius 2 is 1.91 bits per heavy atom. The molecule has 2 heterocycles. The minimum atomic E-state index is -0.763. The second-order valence-electron chi connectivity index (χ2n) is 5.18. The third-order valence-electron chi connectivity index (χ3n) is 3.61. The van der Waals surface area contributed by atoms with E-state index in [1.54, 1.807) is 6.07 Å². The van der Waals surface area contributed by atoms with Gasteiger partial charge in [0.2, 0.25) is 0 Å². The van der Waals surface area contributed by atoms with Gasteiger partial charge in [-0.2, -0.15) is 0 Å². The Hall–Kier alpha value is -2.50. The van der Waals surface area contributed by atoms with Crippen LogP contribution in [0.5, 0.6) is 0 Å². The van der Waals surface area contributed by atoms with Crippen molar-refractivity contribution in [1.82, 2.24) is 4.98 Å². The third kappa shape index (κ3) is 3.05. The topological polar surface area (TPSA) is 45.2 Å². The molecule has 1 aromatic carbocycles. The van der Waals surface area contributed by atoms with Crippen molar-refractivity contribution >= 4 is 17.4 Å². The first-order valence-corrected chi connectivity index (χ1v) is 7.11. The van der Waals surface area contributed by atoms with Gasteiger partial charge in [-0.1, -0.05) is 0 Å². The number of carbonyl (C=O) groups is 1. The van der Waals surface area contributed by atoms with E-state index in [9.17, 15) is 13.6 Å². The Morgan fingerprint density at radius 1 is 1.14 bits per heavy atom. The highest BCUT2D eigenvalue weighted by Crippen LogP contribution is 2.19. The van der Waals surface area contributed by atoms with Crippen molar-refractivity contribution in [3.63, 3.8) is 0 Å². The molecular formula is C16H15F2N3O. The van der Waals surface area contributed by atoms with Gasteiger partial charge >= 0.3 is 0 Å². The molecule has 6 heteroatoms. The first-order valence-electron chi connectivity index (χ1n) is 7.11. The van der Waals surface area contributed by atoms with Crippen LogP contribution in [0.2, 0.25) is 0 Å². The van der Waals surface area contributed by atoms with Crippen LogP contribution in [-0.4, -0.2) is 24.0 Å². The molecule has 1 aliphatic heterocycles. The lowest BCUT2D eigenvalue weighted by Gasteiger charge is -2.16. The third-order valence-corrected chi connectivity index (χ3v) is 3.61. The van der Waals surface area contributed by atoms with Gasteiger partial charge in [0.05, 0.1) is 17.4 Å². The van der Waals surface area contributed by atoms with Crippen molar-refractivity contribution in [3.05, 3.63) is 53.7 Å². The molecule has 3 rings (SSSR count). The van der Waals surface area contributed by atoms with Crippen molar-refractivity contribution in [2.24, 2.45) is 0 Å². The van der Waals surface area contributed by atoms with E-state index in [1.807, 2.05) is 6.07 Å². The fraction of sp³-hybridized carbons (Fsp3) is 0.250. The predicted octanol–water partition coefficient (Wildman–Crippen LogP) is 3.21. The van der Waals surface area contributed by atoms with E-state index in [0.29, 0.717) is 5.69 Å². The van der Waals surface area contributed by atoms with E-state index in [2.05, 4.69) is 15.2 Å². The van der Waals surface area contributed by atoms with Gasteiger partial charge in [0.25, 0.3) is 5.91 Å². The molecule has 0 spiro atoms. The average Bonchev–Trinajstić information content (AvgIpc) is 3.05. The van der Waals surface area contributed by atoms with Crippen LogP contribution in [0.4, 0.5) is 20.3 Å². The molecule has 2 aromatic rings. The Bertz CT molecular complexity index is 682. The summed E-state index contributed by atoms with van der Waals surface area (Å²) in [6.07, 6.45) is 3.82. The van der Waals surface area contributed by atoms with Crippen LogP contribution in [0.3, 0.4) is 0 Å². The minimum absolute atomic E-state index is 0.330. The number of anilines is 2. The van der Waals surface area contributed by atoms with Crippen molar-refractivity contribution in [2.45, 2.75) is 12.8 Å². The molecular weight excluding hydrogens is 288 g/mol. The molecule has 4 nitrogen and oxygen atoms in total. The first kappa shape index (κ1) is 14.4. The largest absolute Gasteiger partial charge is 0.357 e. The summed E-state index contributed by atoms with van der Waals surface area (Å²) in [5, 5.41) is 2.52. The van der Waals surface area contributed by atoms with Gasteiger partial charge in [-0.15, -0.1) is 0 Å². The fourth-order valence-electron chi connectivity index (χ4n) is 2.46. The monoisotopic (exact) mass is 303 g/mol. The molecule has 1 aliphatic rings. The van der Waals surface area contributed by atoms with Crippen LogP contribution in [0, 0.1) is 11.6 Å². The predicted molar refractivity (Wildman–Crippen MR) is 80.0 cm³/mol. The second kappa shape index (κ2) is 6.09. The molecule has 1 aromatic heterocycles. The Balaban J connectivity index is 1.72. The highest BCUT2D eigenvalue weighted by molar-refractivity contribution is 6.04. The van der Waals surface area contributed by atoms with Crippen molar-refractivity contribution in [1.29, 1.82) is 0 Å². The lowest BCUT2D eigenvalue weighted by atomic mass is 10.2. The van der Waals surface area contributed by atoms with Gasteiger partial charge < -0.3 is 10.2 Å². The number of benzene rings is 1. The molecule has 0 saturated carbocycles. The zero-order chi connectivity index (χ0) is 15.5. The maximum Gasteiger partial charge on any atom is 0.258 e. The van der Waals surface area contributed by atoms with Crippen LogP contribution < -0.4 is 10.2 Å². The normalized spacial score (nSPS) is 14.2. The molecule has 0 atom stereocenters. The fourth-order valence-corrected chi connectivity index (χ4v) is 2.46. The van der Waals surface area contributed by atoms with Crippen LogP contribution in [0.1, 0.15) is 23.2 Å². The van der Waals surface area contributed by atoms with E-state index in [4.69, 9.17) is 0 Å². The Morgan fingerprint density at radius 3 is 2.59 bits per heavy atom. The molecule has 22 heavy (non-hydrogen) atoms. The molecule has 0 bridgehead atoms. The smallest absolute Gasteiger partial charge is 0.258 e. The summed E-state index contributed by atoms with van der Waals surface area (Å²) in [4.78, 5) is 18.4. The van der Waals surface area contributed by atoms with Crippen molar-refractivity contribution in [3.8, 4) is 0 Å². The van der Waals surface area contributed by atoms with Crippen molar-refractivity contribution in [2.75, 3.05) is 23.3 Å². The maximum absolute atomic E-state index is 13.5. The van der Waals surface area contributed by atoms with Gasteiger partial charge in [0.15, 0.2) is 0 Å². The summed E-state index contributed by atoms with van der Waals surface area (Å²) in [5.74, 6) is -1.27. The van der Waals surface area contributed by atoms with E-state index in [-0.39, 0.29) is 5.56 Å². The van der Waals surface area contributed by atoms with E-state index < -0.39 is 17.5 Å². The number of aromatic nitrogens is 1. The molecule has 1 N–H and O–H groups in total. The minimum Gasteiger partial charge on any atom is -0.357 e. The number of carbonyl (C=O) groups excluding carboxylic acids is 1. The molecule has 114 valence electrons. The van der Waals surface area contributed by atoms with E-state index in [1.165, 1.54) is 6.20 Å². The molecule has 0 radical (unpaired) electrons. The van der Waals surface area contributed by atoms with Crippen LogP contribution in [-0.2, 0) is 0 Å². The highest BCUT2D eigenvalue weighted by atomic mass is 19.1. The first-order chi connectivity index (χ1) is 10.6. The summed E-state index contributed by atoms with van der Waals surface area (Å²) in [6, 6.07) is 6.28. The maximum atomic E-state index is 13.5. The number of hydrogen-bond donors (Lipinski definition) is 1. The van der Waals surface area contributed by atoms with Crippen LogP contribution >= 0.6 is 0 Å². The average molecular weight is 303 g/mol. The number of nitrogens with zero attached hydrogens (tertiary/aromatic N) is 2. The van der Waals surface area contributed by atoms with Gasteiger partial charge in [0, 0.05) is 13.1 Å². The molecule has 1 fully saturated rings. The molecule has 0 unspecified atom stereocenters. The van der Waals surface area contributed by atoms with Gasteiger partial charge in [-0.05, 0) is 43.2 Å². The standard InChI is InChI=1S/C16H15F2N3O/c17-11-3-5-14(18)13(9-11)16(22)20-12-4-6-15(19-10-12)21-7-1-2-8-21/h3-6,9-10H,1-2,7-8H2,(H,20,22). The lowest BCUT2D eigenvalue weighted by Crippen LogP contribution is -2.19. The number of hydrogen-bond acceptors (Lipinski definition) is 3. The van der Waals surface area contributed by atoms with Gasteiger partial charge in [0.1, 0.15) is 17.5 Å². The zero-order valence-corrected chi connectivity index (χ0v) is 11.9. The zero-order valence-electron chi connectivity index (χ0n) is 11.9. The van der Waals surface area contributed by atoms with Crippen LogP contribution in [0.15, 0.2) is 36.5 Å². The van der Waals surface area contributed by atoms with E-state index >= 15 is 0 Å². The van der Waals surface area contributed by atoms with Crippen molar-refractivity contribution < 1.29 is 13.6 Å². The number of pyridine rings is 1. The summed E-state index contributed by atoms with van der Waals surface area (Å²) >= 11 is 0. The quantitative estimate of drug-likeness (QED) is 0.947. The molecule has 1 saturated heterocycles. The Labute approximate surface area is 126 Å². The molecule has 0 aliphatic carbocycles. The summed E-state index contributed by atoms with van der Waals surface area (Å²) in [5.41, 5.74) is 0.111. The summed E-state index contributed by atoms with van der Waals surface area (Å²) in [7, 11) is 0. The highest BCUT2D eigenvalue weighted by Gasteiger charge is 2.15. The Kier molecular flexibility index (Phi) is 4.00.